The molecule has 0 saturated heterocycles. The molecule has 8 nitrogen and oxygen atoms in total. The molecular formula is C20H14N6O2. The van der Waals surface area contributed by atoms with Gasteiger partial charge in [-0.1, -0.05) is 0 Å². The monoisotopic (exact) mass is 370 g/mol. The van der Waals surface area contributed by atoms with E-state index in [1.807, 2.05) is 42.5 Å². The van der Waals surface area contributed by atoms with Crippen LogP contribution >= 0.6 is 0 Å². The van der Waals surface area contributed by atoms with Crippen LogP contribution in [0.1, 0.15) is 22.8 Å². The second kappa shape index (κ2) is 5.92. The zero-order valence-corrected chi connectivity index (χ0v) is 14.5. The van der Waals surface area contributed by atoms with E-state index in [2.05, 4.69) is 19.9 Å². The Morgan fingerprint density at radius 1 is 0.786 bits per heavy atom. The van der Waals surface area contributed by atoms with Gasteiger partial charge in [0.25, 0.3) is 0 Å². The van der Waals surface area contributed by atoms with Gasteiger partial charge in [0.1, 0.15) is 11.2 Å². The summed E-state index contributed by atoms with van der Waals surface area (Å²) in [5.74, 6) is 0. The number of nitrogens with one attached hydrogen (secondary N) is 2. The quantitative estimate of drug-likeness (QED) is 0.302. The molecule has 136 valence electrons. The van der Waals surface area contributed by atoms with Gasteiger partial charge in [0.15, 0.2) is 0 Å². The largest absolute Gasteiger partial charge is 0.391 e. The number of rotatable bonds is 1. The molecule has 0 spiro atoms. The van der Waals surface area contributed by atoms with Crippen molar-refractivity contribution in [2.24, 2.45) is 0 Å². The average Bonchev–Trinajstić information content (AvgIpc) is 3.40. The maximum atomic E-state index is 11.6. The molecule has 5 heterocycles. The third-order valence-corrected chi connectivity index (χ3v) is 4.54. The number of aromatic nitrogens is 4. The van der Waals surface area contributed by atoms with E-state index in [1.165, 1.54) is 0 Å². The zero-order chi connectivity index (χ0) is 19.3. The van der Waals surface area contributed by atoms with Crippen molar-refractivity contribution in [3.63, 3.8) is 0 Å². The predicted molar refractivity (Wildman–Crippen MR) is 110 cm³/mol. The summed E-state index contributed by atoms with van der Waals surface area (Å²) in [6.45, 7) is 0. The van der Waals surface area contributed by atoms with E-state index in [0.29, 0.717) is 22.4 Å². The fraction of sp³-hybridized carbons (Fsp3) is 0. The van der Waals surface area contributed by atoms with Gasteiger partial charge in [-0.2, -0.15) is 0 Å². The Bertz CT molecular complexity index is 1360. The maximum Gasteiger partial charge on any atom is 0.317 e. The van der Waals surface area contributed by atoms with Crippen molar-refractivity contribution in [3.8, 4) is 0 Å². The molecule has 0 radical (unpaired) electrons. The molecule has 0 unspecified atom stereocenters. The van der Waals surface area contributed by atoms with Crippen LogP contribution in [0, 0.1) is 10.1 Å². The molecule has 3 aromatic rings. The first kappa shape index (κ1) is 16.0. The fourth-order valence-corrected chi connectivity index (χ4v) is 3.28. The van der Waals surface area contributed by atoms with E-state index in [1.54, 1.807) is 18.2 Å². The summed E-state index contributed by atoms with van der Waals surface area (Å²) in [6.07, 6.45) is 7.36. The summed E-state index contributed by atoms with van der Waals surface area (Å²) in [5.41, 5.74) is 11.3. The molecule has 28 heavy (non-hydrogen) atoms. The molecule has 4 N–H and O–H groups in total. The van der Waals surface area contributed by atoms with Gasteiger partial charge in [-0.05, 0) is 60.7 Å². The Labute approximate surface area is 158 Å². The molecule has 0 atom stereocenters. The molecule has 5 rings (SSSR count). The minimum Gasteiger partial charge on any atom is -0.391 e. The van der Waals surface area contributed by atoms with Crippen LogP contribution in [0.2, 0.25) is 0 Å². The highest BCUT2D eigenvalue weighted by molar-refractivity contribution is 5.92. The molecule has 2 aliphatic rings. The Morgan fingerprint density at radius 2 is 1.29 bits per heavy atom. The molecule has 0 fully saturated rings. The SMILES string of the molecule is Nc1c([N+](=O)[O-])c2cc3nc(cc4ccc(cc5nc(cc1[nH]2)C=C5)[nH]4)C=C3. The van der Waals surface area contributed by atoms with Crippen LogP contribution in [-0.2, 0) is 0 Å². The lowest BCUT2D eigenvalue weighted by atomic mass is 10.3. The second-order valence-electron chi connectivity index (χ2n) is 6.51. The van der Waals surface area contributed by atoms with Crippen molar-refractivity contribution in [1.29, 1.82) is 0 Å². The Hall–Kier alpha value is -4.20. The lowest BCUT2D eigenvalue weighted by molar-refractivity contribution is -0.382. The molecule has 0 saturated carbocycles. The summed E-state index contributed by atoms with van der Waals surface area (Å²) in [7, 11) is 0. The minimum atomic E-state index is -0.489. The van der Waals surface area contributed by atoms with Crippen LogP contribution in [0.5, 0.6) is 0 Å². The molecule has 8 bridgehead atoms. The Balaban J connectivity index is 1.91. The second-order valence-corrected chi connectivity index (χ2v) is 6.51. The van der Waals surface area contributed by atoms with Gasteiger partial charge in [-0.15, -0.1) is 0 Å². The standard InChI is InChI=1S/C20H14N6O2/c21-19-17-9-15-5-3-13(23-15)7-11-1-2-12(22-11)8-14-4-6-16(24-14)10-18(25-17)20(19)26(27)28/h1-10,22,25H,21H2. The van der Waals surface area contributed by atoms with Crippen LogP contribution < -0.4 is 5.73 Å². The lowest BCUT2D eigenvalue weighted by Gasteiger charge is -1.89. The number of aromatic amines is 2. The van der Waals surface area contributed by atoms with Gasteiger partial charge in [0.05, 0.1) is 33.2 Å². The number of anilines is 1. The Morgan fingerprint density at radius 3 is 1.82 bits per heavy atom. The summed E-state index contributed by atoms with van der Waals surface area (Å²) in [5, 5.41) is 11.6. The van der Waals surface area contributed by atoms with E-state index < -0.39 is 4.92 Å². The number of nitrogens with two attached hydrogens (primary N) is 1. The molecule has 0 aromatic carbocycles. The van der Waals surface area contributed by atoms with E-state index in [0.717, 1.165) is 22.4 Å². The summed E-state index contributed by atoms with van der Waals surface area (Å²) < 4.78 is 0. The molecule has 0 aliphatic carbocycles. The molecule has 3 aromatic heterocycles. The van der Waals surface area contributed by atoms with Gasteiger partial charge in [0, 0.05) is 11.0 Å². The minimum absolute atomic E-state index is 0.0704. The first-order valence-corrected chi connectivity index (χ1v) is 8.56. The van der Waals surface area contributed by atoms with Gasteiger partial charge < -0.3 is 15.7 Å². The number of hydrogen-bond donors (Lipinski definition) is 3. The van der Waals surface area contributed by atoms with Crippen molar-refractivity contribution < 1.29 is 4.92 Å². The van der Waals surface area contributed by atoms with E-state index >= 15 is 0 Å². The summed E-state index contributed by atoms with van der Waals surface area (Å²) in [4.78, 5) is 26.4. The van der Waals surface area contributed by atoms with Gasteiger partial charge in [-0.25, -0.2) is 9.97 Å². The number of hydrogen-bond acceptors (Lipinski definition) is 5. The first-order valence-electron chi connectivity index (χ1n) is 8.56. The van der Waals surface area contributed by atoms with E-state index in [4.69, 9.17) is 5.73 Å². The van der Waals surface area contributed by atoms with Crippen molar-refractivity contribution in [3.05, 3.63) is 69.3 Å². The van der Waals surface area contributed by atoms with Crippen molar-refractivity contribution in [1.82, 2.24) is 19.9 Å². The third-order valence-electron chi connectivity index (χ3n) is 4.54. The normalized spacial score (nSPS) is 12.4. The number of H-pyrrole nitrogens is 2. The van der Waals surface area contributed by atoms with Crippen molar-refractivity contribution >= 4 is 57.7 Å². The zero-order valence-electron chi connectivity index (χ0n) is 14.5. The van der Waals surface area contributed by atoms with Gasteiger partial charge >= 0.3 is 5.69 Å². The van der Waals surface area contributed by atoms with E-state index in [-0.39, 0.29) is 11.4 Å². The topological polar surface area (TPSA) is 127 Å². The maximum absolute atomic E-state index is 11.6. The predicted octanol–water partition coefficient (Wildman–Crippen LogP) is 4.15. The van der Waals surface area contributed by atoms with Crippen molar-refractivity contribution in [2.75, 3.05) is 5.73 Å². The number of nitrogens with zero attached hydrogens (tertiary/aromatic N) is 3. The molecular weight excluding hydrogens is 356 g/mol. The van der Waals surface area contributed by atoms with Crippen LogP contribution in [0.4, 0.5) is 11.4 Å². The van der Waals surface area contributed by atoms with Crippen LogP contribution in [0.25, 0.3) is 46.4 Å². The third kappa shape index (κ3) is 2.73. The Kier molecular flexibility index (Phi) is 3.38. The van der Waals surface area contributed by atoms with E-state index in [9.17, 15) is 10.1 Å². The lowest BCUT2D eigenvalue weighted by Crippen LogP contribution is -1.92. The highest BCUT2D eigenvalue weighted by Gasteiger charge is 2.19. The number of nitrogen functional groups attached to an aromatic ring is 1. The molecule has 0 amide bonds. The van der Waals surface area contributed by atoms with Crippen LogP contribution in [0.3, 0.4) is 0 Å². The number of fused-ring (bicyclic) bond motifs is 8. The molecule has 8 heteroatoms. The number of nitro groups is 1. The van der Waals surface area contributed by atoms with Gasteiger partial charge in [0.2, 0.25) is 0 Å². The summed E-state index contributed by atoms with van der Waals surface area (Å²) >= 11 is 0. The first-order chi connectivity index (χ1) is 13.5. The van der Waals surface area contributed by atoms with Crippen molar-refractivity contribution in [2.45, 2.75) is 0 Å². The van der Waals surface area contributed by atoms with Crippen LogP contribution in [-0.4, -0.2) is 24.9 Å². The molecule has 2 aliphatic heterocycles. The highest BCUT2D eigenvalue weighted by Crippen LogP contribution is 2.32. The summed E-state index contributed by atoms with van der Waals surface area (Å²) in [6, 6.07) is 11.1. The smallest absolute Gasteiger partial charge is 0.317 e. The fourth-order valence-electron chi connectivity index (χ4n) is 3.28. The highest BCUT2D eigenvalue weighted by atomic mass is 16.6. The average molecular weight is 370 g/mol. The van der Waals surface area contributed by atoms with Gasteiger partial charge in [-0.3, -0.25) is 10.1 Å². The van der Waals surface area contributed by atoms with Crippen LogP contribution in [0.15, 0.2) is 36.4 Å².